The van der Waals surface area contributed by atoms with Crippen molar-refractivity contribution in [3.63, 3.8) is 0 Å². The van der Waals surface area contributed by atoms with E-state index in [9.17, 15) is 0 Å². The van der Waals surface area contributed by atoms with Crippen LogP contribution in [0.5, 0.6) is 0 Å². The van der Waals surface area contributed by atoms with E-state index in [0.29, 0.717) is 0 Å². The molecule has 2 aliphatic heterocycles. The third-order valence-electron chi connectivity index (χ3n) is 5.58. The Balaban J connectivity index is 1.18. The largest absolute Gasteiger partial charge is 0.374 e. The minimum atomic E-state index is 1.08. The van der Waals surface area contributed by atoms with Crippen LogP contribution in [-0.4, -0.2) is 62.2 Å². The average Bonchev–Trinajstić information content (AvgIpc) is 2.79. The zero-order valence-electron chi connectivity index (χ0n) is 16.5. The summed E-state index contributed by atoms with van der Waals surface area (Å²) in [5.41, 5.74) is 2.67. The highest BCUT2D eigenvalue weighted by atomic mass is 15.3. The number of hydrogen-bond acceptors (Lipinski definition) is 4. The van der Waals surface area contributed by atoms with Crippen molar-refractivity contribution in [2.45, 2.75) is 0 Å². The Labute approximate surface area is 169 Å². The van der Waals surface area contributed by atoms with Gasteiger partial charge in [-0.05, 0) is 48.8 Å². The molecule has 0 saturated carbocycles. The summed E-state index contributed by atoms with van der Waals surface area (Å²) in [5.74, 6) is 0. The van der Waals surface area contributed by atoms with E-state index in [-0.39, 0.29) is 0 Å². The van der Waals surface area contributed by atoms with Crippen LogP contribution in [0.15, 0.2) is 85.2 Å². The molecule has 28 heavy (non-hydrogen) atoms. The minimum absolute atomic E-state index is 1.08. The molecule has 2 aromatic rings. The molecular formula is C24H30N4. The maximum Gasteiger partial charge on any atom is 0.0367 e. The second-order valence-corrected chi connectivity index (χ2v) is 7.40. The van der Waals surface area contributed by atoms with Crippen LogP contribution < -0.4 is 9.80 Å². The van der Waals surface area contributed by atoms with Crippen LogP contribution in [0.3, 0.4) is 0 Å². The summed E-state index contributed by atoms with van der Waals surface area (Å²) >= 11 is 0. The lowest BCUT2D eigenvalue weighted by molar-refractivity contribution is 0.346. The molecule has 2 heterocycles. The van der Waals surface area contributed by atoms with Gasteiger partial charge in [0.2, 0.25) is 0 Å². The summed E-state index contributed by atoms with van der Waals surface area (Å²) in [4.78, 5) is 9.76. The van der Waals surface area contributed by atoms with Crippen LogP contribution in [-0.2, 0) is 0 Å². The van der Waals surface area contributed by atoms with Gasteiger partial charge in [-0.1, -0.05) is 36.4 Å². The maximum absolute atomic E-state index is 2.46. The molecule has 2 aromatic carbocycles. The van der Waals surface area contributed by atoms with Crippen molar-refractivity contribution in [2.24, 2.45) is 0 Å². The van der Waals surface area contributed by atoms with Crippen molar-refractivity contribution in [1.82, 2.24) is 9.80 Å². The highest BCUT2D eigenvalue weighted by molar-refractivity contribution is 5.47. The van der Waals surface area contributed by atoms with Crippen LogP contribution in [0.4, 0.5) is 11.4 Å². The fraction of sp³-hybridized carbons (Fsp3) is 0.333. The quantitative estimate of drug-likeness (QED) is 0.741. The van der Waals surface area contributed by atoms with Crippen LogP contribution in [0.2, 0.25) is 0 Å². The monoisotopic (exact) mass is 374 g/mol. The van der Waals surface area contributed by atoms with Gasteiger partial charge in [0.25, 0.3) is 0 Å². The van der Waals surface area contributed by atoms with Crippen molar-refractivity contribution in [3.8, 4) is 0 Å². The van der Waals surface area contributed by atoms with Gasteiger partial charge in [-0.25, -0.2) is 0 Å². The standard InChI is InChI=1S/C24H30N4/c1-3-9-23(10-4-1)27-19-15-25(16-20-27)13-7-8-14-26-17-21-28(22-18-26)24-11-5-2-6-12-24/h1-14H,15-22H2/b13-7-,14-8-. The number of benzene rings is 2. The maximum atomic E-state index is 2.46. The normalized spacial score (nSPS) is 18.4. The molecule has 0 spiro atoms. The highest BCUT2D eigenvalue weighted by Crippen LogP contribution is 2.16. The first-order valence-corrected chi connectivity index (χ1v) is 10.3. The molecule has 2 saturated heterocycles. The lowest BCUT2D eigenvalue weighted by Gasteiger charge is -2.36. The van der Waals surface area contributed by atoms with E-state index in [1.54, 1.807) is 0 Å². The second kappa shape index (κ2) is 9.36. The summed E-state index contributed by atoms with van der Waals surface area (Å²) in [6, 6.07) is 21.4. The van der Waals surface area contributed by atoms with E-state index in [4.69, 9.17) is 0 Å². The van der Waals surface area contributed by atoms with Gasteiger partial charge in [0, 0.05) is 63.7 Å². The molecule has 0 N–H and O–H groups in total. The SMILES string of the molecule is C(/C=C\N1CCN(c2ccccc2)CC1)=C/N1CCN(c2ccccc2)CC1. The molecule has 2 fully saturated rings. The lowest BCUT2D eigenvalue weighted by Crippen LogP contribution is -2.44. The highest BCUT2D eigenvalue weighted by Gasteiger charge is 2.15. The first-order chi connectivity index (χ1) is 13.9. The molecule has 0 radical (unpaired) electrons. The summed E-state index contributed by atoms with van der Waals surface area (Å²) in [5, 5.41) is 0. The number of para-hydroxylation sites is 2. The number of anilines is 2. The van der Waals surface area contributed by atoms with Crippen molar-refractivity contribution in [2.75, 3.05) is 62.2 Å². The third kappa shape index (κ3) is 4.89. The number of rotatable bonds is 5. The van der Waals surface area contributed by atoms with Gasteiger partial charge < -0.3 is 19.6 Å². The van der Waals surface area contributed by atoms with E-state index in [1.807, 2.05) is 0 Å². The van der Waals surface area contributed by atoms with Crippen molar-refractivity contribution >= 4 is 11.4 Å². The predicted octanol–water partition coefficient (Wildman–Crippen LogP) is 3.66. The molecule has 0 amide bonds. The van der Waals surface area contributed by atoms with Gasteiger partial charge in [0.05, 0.1) is 0 Å². The van der Waals surface area contributed by atoms with Crippen LogP contribution >= 0.6 is 0 Å². The predicted molar refractivity (Wildman–Crippen MR) is 119 cm³/mol. The Bertz CT molecular complexity index is 688. The van der Waals surface area contributed by atoms with Crippen LogP contribution in [0.25, 0.3) is 0 Å². The Kier molecular flexibility index (Phi) is 6.18. The first-order valence-electron chi connectivity index (χ1n) is 10.3. The van der Waals surface area contributed by atoms with E-state index >= 15 is 0 Å². The average molecular weight is 375 g/mol. The number of allylic oxidation sites excluding steroid dienone is 2. The van der Waals surface area contributed by atoms with E-state index in [1.165, 1.54) is 11.4 Å². The van der Waals surface area contributed by atoms with Gasteiger partial charge in [0.1, 0.15) is 0 Å². The molecule has 4 rings (SSSR count). The van der Waals surface area contributed by atoms with Crippen molar-refractivity contribution < 1.29 is 0 Å². The molecule has 0 aromatic heterocycles. The van der Waals surface area contributed by atoms with Crippen molar-refractivity contribution in [1.29, 1.82) is 0 Å². The number of hydrogen-bond donors (Lipinski definition) is 0. The zero-order chi connectivity index (χ0) is 19.0. The van der Waals surface area contributed by atoms with Gasteiger partial charge in [-0.3, -0.25) is 0 Å². The molecule has 0 aliphatic carbocycles. The van der Waals surface area contributed by atoms with Gasteiger partial charge >= 0.3 is 0 Å². The molecule has 146 valence electrons. The summed E-state index contributed by atoms with van der Waals surface area (Å²) < 4.78 is 0. The van der Waals surface area contributed by atoms with Crippen LogP contribution in [0, 0.1) is 0 Å². The Morgan fingerprint density at radius 1 is 0.464 bits per heavy atom. The first kappa shape index (κ1) is 18.5. The fourth-order valence-corrected chi connectivity index (χ4v) is 3.88. The number of piperazine rings is 2. The molecule has 4 nitrogen and oxygen atoms in total. The molecule has 4 heteroatoms. The lowest BCUT2D eigenvalue weighted by atomic mass is 10.2. The molecule has 0 bridgehead atoms. The van der Waals surface area contributed by atoms with E-state index in [0.717, 1.165) is 52.4 Å². The molecule has 0 atom stereocenters. The van der Waals surface area contributed by atoms with E-state index < -0.39 is 0 Å². The van der Waals surface area contributed by atoms with Crippen molar-refractivity contribution in [3.05, 3.63) is 85.2 Å². The third-order valence-corrected chi connectivity index (χ3v) is 5.58. The Morgan fingerprint density at radius 2 is 0.821 bits per heavy atom. The summed E-state index contributed by atoms with van der Waals surface area (Å²) in [6.45, 7) is 8.64. The topological polar surface area (TPSA) is 13.0 Å². The fourth-order valence-electron chi connectivity index (χ4n) is 3.88. The Hall–Kier alpha value is -2.88. The van der Waals surface area contributed by atoms with Crippen LogP contribution in [0.1, 0.15) is 0 Å². The molecule has 2 aliphatic rings. The second-order valence-electron chi connectivity index (χ2n) is 7.40. The smallest absolute Gasteiger partial charge is 0.0367 e. The molecular weight excluding hydrogens is 344 g/mol. The Morgan fingerprint density at radius 3 is 1.18 bits per heavy atom. The molecule has 0 unspecified atom stereocenters. The summed E-state index contributed by atoms with van der Waals surface area (Å²) in [6.07, 6.45) is 8.83. The zero-order valence-corrected chi connectivity index (χ0v) is 16.5. The van der Waals surface area contributed by atoms with Gasteiger partial charge in [0.15, 0.2) is 0 Å². The number of nitrogens with zero attached hydrogens (tertiary/aromatic N) is 4. The van der Waals surface area contributed by atoms with E-state index in [2.05, 4.69) is 105 Å². The summed E-state index contributed by atoms with van der Waals surface area (Å²) in [7, 11) is 0. The minimum Gasteiger partial charge on any atom is -0.374 e. The van der Waals surface area contributed by atoms with Gasteiger partial charge in [-0.15, -0.1) is 0 Å². The van der Waals surface area contributed by atoms with Gasteiger partial charge in [-0.2, -0.15) is 0 Å².